The zero-order valence-electron chi connectivity index (χ0n) is 9.74. The maximum atomic E-state index is 11.0. The quantitative estimate of drug-likeness (QED) is 0.621. The van der Waals surface area contributed by atoms with E-state index in [1.165, 1.54) is 0 Å². The van der Waals surface area contributed by atoms with Gasteiger partial charge in [-0.1, -0.05) is 0 Å². The Labute approximate surface area is 107 Å². The number of nitrogens with zero attached hydrogens (tertiary/aromatic N) is 1. The fourth-order valence-electron chi connectivity index (χ4n) is 1.76. The Morgan fingerprint density at radius 3 is 2.79 bits per heavy atom. The molecule has 1 heterocycles. The molecule has 1 aromatic carbocycles. The molecule has 0 unspecified atom stereocenters. The summed E-state index contributed by atoms with van der Waals surface area (Å²) in [6, 6.07) is 1.72. The number of aromatic hydroxyl groups is 1. The van der Waals surface area contributed by atoms with Gasteiger partial charge in [0.05, 0.1) is 24.2 Å². The van der Waals surface area contributed by atoms with Crippen molar-refractivity contribution >= 4 is 11.7 Å². The van der Waals surface area contributed by atoms with Gasteiger partial charge in [-0.2, -0.15) is 0 Å². The molecule has 1 saturated heterocycles. The van der Waals surface area contributed by atoms with Gasteiger partial charge in [-0.15, -0.1) is 0 Å². The van der Waals surface area contributed by atoms with E-state index in [1.807, 2.05) is 0 Å². The molecule has 0 aliphatic carbocycles. The van der Waals surface area contributed by atoms with Gasteiger partial charge in [-0.3, -0.25) is 10.1 Å². The second-order valence-electron chi connectivity index (χ2n) is 4.00. The maximum absolute atomic E-state index is 11.0. The molecule has 102 valence electrons. The minimum atomic E-state index is -1.46. The number of nitro benzene ring substituents is 1. The highest BCUT2D eigenvalue weighted by Crippen LogP contribution is 2.35. The summed E-state index contributed by atoms with van der Waals surface area (Å²) >= 11 is 0. The monoisotopic (exact) mass is 269 g/mol. The molecule has 8 nitrogen and oxygen atoms in total. The zero-order chi connectivity index (χ0) is 14.0. The van der Waals surface area contributed by atoms with Crippen molar-refractivity contribution in [2.24, 2.45) is 0 Å². The van der Waals surface area contributed by atoms with Crippen molar-refractivity contribution in [1.29, 1.82) is 0 Å². The predicted molar refractivity (Wildman–Crippen MR) is 61.6 cm³/mol. The van der Waals surface area contributed by atoms with Crippen LogP contribution in [0.5, 0.6) is 11.5 Å². The molecule has 1 atom stereocenters. The molecule has 1 aromatic rings. The van der Waals surface area contributed by atoms with Crippen LogP contribution in [-0.4, -0.2) is 40.4 Å². The van der Waals surface area contributed by atoms with Crippen LogP contribution in [0, 0.1) is 10.1 Å². The van der Waals surface area contributed by atoms with Crippen molar-refractivity contribution in [2.75, 3.05) is 13.2 Å². The Kier molecular flexibility index (Phi) is 3.52. The normalized spacial score (nSPS) is 18.2. The van der Waals surface area contributed by atoms with Gasteiger partial charge in [-0.25, -0.2) is 4.79 Å². The molecule has 1 aliphatic rings. The molecule has 1 fully saturated rings. The SMILES string of the molecule is O=C(O)c1cc(O[C@H]2CCOC2)c(O)cc1[N+](=O)[O-]. The topological polar surface area (TPSA) is 119 Å². The number of hydrogen-bond donors (Lipinski definition) is 2. The first-order valence-electron chi connectivity index (χ1n) is 5.48. The molecule has 8 heteroatoms. The smallest absolute Gasteiger partial charge is 0.342 e. The van der Waals surface area contributed by atoms with E-state index >= 15 is 0 Å². The Morgan fingerprint density at radius 2 is 2.26 bits per heavy atom. The lowest BCUT2D eigenvalue weighted by Gasteiger charge is -2.13. The Balaban J connectivity index is 2.36. The molecule has 0 spiro atoms. The second-order valence-corrected chi connectivity index (χ2v) is 4.00. The highest BCUT2D eigenvalue weighted by Gasteiger charge is 2.26. The summed E-state index contributed by atoms with van der Waals surface area (Å²) in [7, 11) is 0. The number of aromatic carboxylic acids is 1. The number of benzene rings is 1. The lowest BCUT2D eigenvalue weighted by atomic mass is 10.1. The summed E-state index contributed by atoms with van der Waals surface area (Å²) in [6.07, 6.45) is 0.313. The summed E-state index contributed by atoms with van der Waals surface area (Å²) in [5.74, 6) is -2.03. The number of carboxylic acid groups (broad SMARTS) is 1. The van der Waals surface area contributed by atoms with Crippen molar-refractivity contribution in [3.05, 3.63) is 27.8 Å². The highest BCUT2D eigenvalue weighted by molar-refractivity contribution is 5.93. The largest absolute Gasteiger partial charge is 0.504 e. The summed E-state index contributed by atoms with van der Waals surface area (Å²) < 4.78 is 10.4. The number of ether oxygens (including phenoxy) is 2. The molecule has 2 N–H and O–H groups in total. The maximum Gasteiger partial charge on any atom is 0.342 e. The van der Waals surface area contributed by atoms with Gasteiger partial charge in [0.2, 0.25) is 0 Å². The van der Waals surface area contributed by atoms with E-state index in [4.69, 9.17) is 14.6 Å². The summed E-state index contributed by atoms with van der Waals surface area (Å²) in [5.41, 5.74) is -1.21. The van der Waals surface area contributed by atoms with E-state index < -0.39 is 27.9 Å². The third-order valence-electron chi connectivity index (χ3n) is 2.69. The predicted octanol–water partition coefficient (Wildman–Crippen LogP) is 1.17. The van der Waals surface area contributed by atoms with Gasteiger partial charge in [0, 0.05) is 12.5 Å². The van der Waals surface area contributed by atoms with Crippen LogP contribution in [0.4, 0.5) is 5.69 Å². The molecule has 19 heavy (non-hydrogen) atoms. The van der Waals surface area contributed by atoms with Crippen molar-refractivity contribution < 1.29 is 29.4 Å². The Bertz CT molecular complexity index is 522. The second kappa shape index (κ2) is 5.11. The first-order valence-corrected chi connectivity index (χ1v) is 5.48. The molecule has 0 bridgehead atoms. The number of phenolic OH excluding ortho intramolecular Hbond substituents is 1. The average Bonchev–Trinajstić information content (AvgIpc) is 2.83. The molecule has 2 rings (SSSR count). The fourth-order valence-corrected chi connectivity index (χ4v) is 1.76. The van der Waals surface area contributed by atoms with Gasteiger partial charge < -0.3 is 19.7 Å². The molecule has 1 aliphatic heterocycles. The van der Waals surface area contributed by atoms with Gasteiger partial charge in [0.1, 0.15) is 11.7 Å². The number of nitro groups is 1. The summed E-state index contributed by atoms with van der Waals surface area (Å²) in [5, 5.41) is 29.3. The van der Waals surface area contributed by atoms with Crippen LogP contribution >= 0.6 is 0 Å². The summed E-state index contributed by atoms with van der Waals surface area (Å²) in [4.78, 5) is 20.8. The molecular formula is C11H11NO7. The van der Waals surface area contributed by atoms with E-state index in [0.717, 1.165) is 12.1 Å². The van der Waals surface area contributed by atoms with Crippen molar-refractivity contribution in [2.45, 2.75) is 12.5 Å². The number of carbonyl (C=O) groups is 1. The van der Waals surface area contributed by atoms with Crippen LogP contribution < -0.4 is 4.74 Å². The molecule has 0 aromatic heterocycles. The van der Waals surface area contributed by atoms with E-state index in [1.54, 1.807) is 0 Å². The third-order valence-corrected chi connectivity index (χ3v) is 2.69. The number of hydrogen-bond acceptors (Lipinski definition) is 6. The van der Waals surface area contributed by atoms with Crippen molar-refractivity contribution in [3.8, 4) is 11.5 Å². The van der Waals surface area contributed by atoms with Crippen LogP contribution in [0.2, 0.25) is 0 Å². The first-order chi connectivity index (χ1) is 8.99. The van der Waals surface area contributed by atoms with Gasteiger partial charge in [-0.05, 0) is 0 Å². The minimum absolute atomic E-state index is 0.0986. The van der Waals surface area contributed by atoms with Crippen molar-refractivity contribution in [1.82, 2.24) is 0 Å². The standard InChI is InChI=1S/C11H11NO7/c13-9-4-8(12(16)17)7(11(14)15)3-10(9)19-6-1-2-18-5-6/h3-4,6,13H,1-2,5H2,(H,14,15)/t6-/m0/s1. The van der Waals surface area contributed by atoms with Crippen LogP contribution in [0.15, 0.2) is 12.1 Å². The van der Waals surface area contributed by atoms with E-state index in [-0.39, 0.29) is 11.9 Å². The van der Waals surface area contributed by atoms with E-state index in [9.17, 15) is 20.0 Å². The fraction of sp³-hybridized carbons (Fsp3) is 0.364. The Morgan fingerprint density at radius 1 is 1.53 bits per heavy atom. The number of phenols is 1. The Hall–Kier alpha value is -2.35. The van der Waals surface area contributed by atoms with Gasteiger partial charge >= 0.3 is 5.97 Å². The van der Waals surface area contributed by atoms with Crippen LogP contribution in [0.3, 0.4) is 0 Å². The lowest BCUT2D eigenvalue weighted by molar-refractivity contribution is -0.385. The third kappa shape index (κ3) is 2.74. The van der Waals surface area contributed by atoms with Gasteiger partial charge in [0.15, 0.2) is 11.5 Å². The van der Waals surface area contributed by atoms with Crippen LogP contribution in [-0.2, 0) is 4.74 Å². The van der Waals surface area contributed by atoms with Crippen molar-refractivity contribution in [3.63, 3.8) is 0 Å². The van der Waals surface area contributed by atoms with E-state index in [0.29, 0.717) is 19.6 Å². The van der Waals surface area contributed by atoms with Crippen LogP contribution in [0.25, 0.3) is 0 Å². The number of rotatable bonds is 4. The van der Waals surface area contributed by atoms with Gasteiger partial charge in [0.25, 0.3) is 5.69 Å². The molecule has 0 saturated carbocycles. The minimum Gasteiger partial charge on any atom is -0.504 e. The molecule has 0 radical (unpaired) electrons. The molecular weight excluding hydrogens is 258 g/mol. The van der Waals surface area contributed by atoms with E-state index in [2.05, 4.69) is 0 Å². The first kappa shape index (κ1) is 13.1. The number of carboxylic acids is 1. The zero-order valence-corrected chi connectivity index (χ0v) is 9.74. The highest BCUT2D eigenvalue weighted by atomic mass is 16.6. The average molecular weight is 269 g/mol. The molecule has 0 amide bonds. The van der Waals surface area contributed by atoms with Crippen LogP contribution in [0.1, 0.15) is 16.8 Å². The lowest BCUT2D eigenvalue weighted by Crippen LogP contribution is -2.16. The summed E-state index contributed by atoms with van der Waals surface area (Å²) in [6.45, 7) is 0.850.